The summed E-state index contributed by atoms with van der Waals surface area (Å²) in [5.74, 6) is 0.681. The number of carbonyl (C=O) groups excluding carboxylic acids is 1. The normalized spacial score (nSPS) is 14.0. The van der Waals surface area contributed by atoms with Crippen molar-refractivity contribution in [3.8, 4) is 11.4 Å². The predicted octanol–water partition coefficient (Wildman–Crippen LogP) is 4.46. The lowest BCUT2D eigenvalue weighted by molar-refractivity contribution is 0.208. The molecule has 3 aromatic rings. The van der Waals surface area contributed by atoms with Crippen molar-refractivity contribution in [3.05, 3.63) is 71.5 Å². The van der Waals surface area contributed by atoms with Gasteiger partial charge in [-0.05, 0) is 55.5 Å². The number of benzene rings is 2. The zero-order chi connectivity index (χ0) is 20.2. The number of hydrogen-bond acceptors (Lipinski definition) is 4. The number of amides is 2. The number of halogens is 1. The summed E-state index contributed by atoms with van der Waals surface area (Å²) < 4.78 is 0. The molecule has 2 heterocycles. The molecule has 2 aromatic carbocycles. The fourth-order valence-electron chi connectivity index (χ4n) is 3.33. The highest BCUT2D eigenvalue weighted by molar-refractivity contribution is 6.30. The average Bonchev–Trinajstić information content (AvgIpc) is 2.74. The van der Waals surface area contributed by atoms with E-state index in [0.29, 0.717) is 18.9 Å². The fourth-order valence-corrected chi connectivity index (χ4v) is 3.52. The first-order chi connectivity index (χ1) is 14.1. The van der Waals surface area contributed by atoms with E-state index in [0.717, 1.165) is 40.7 Å². The predicted molar refractivity (Wildman–Crippen MR) is 116 cm³/mol. The molecule has 1 aliphatic heterocycles. The van der Waals surface area contributed by atoms with Crippen LogP contribution < -0.4 is 10.2 Å². The molecule has 6 nitrogen and oxygen atoms in total. The van der Waals surface area contributed by atoms with Crippen LogP contribution in [0.4, 0.5) is 16.2 Å². The maximum absolute atomic E-state index is 12.6. The number of carbonyl (C=O) groups is 1. The van der Waals surface area contributed by atoms with Gasteiger partial charge in [-0.3, -0.25) is 0 Å². The van der Waals surface area contributed by atoms with Gasteiger partial charge in [0.05, 0.1) is 0 Å². The van der Waals surface area contributed by atoms with E-state index in [1.165, 1.54) is 0 Å². The summed E-state index contributed by atoms with van der Waals surface area (Å²) in [6.07, 6.45) is 1.75. The Morgan fingerprint density at radius 3 is 2.48 bits per heavy atom. The molecule has 1 aliphatic rings. The number of rotatable bonds is 3. The number of hydrogen-bond donors (Lipinski definition) is 1. The summed E-state index contributed by atoms with van der Waals surface area (Å²) in [6, 6.07) is 17.2. The molecule has 0 unspecified atom stereocenters. The van der Waals surface area contributed by atoms with E-state index in [4.69, 9.17) is 11.6 Å². The minimum Gasteiger partial charge on any atom is -0.368 e. The molecule has 1 saturated heterocycles. The first-order valence-corrected chi connectivity index (χ1v) is 9.93. The highest BCUT2D eigenvalue weighted by Crippen LogP contribution is 2.22. The maximum Gasteiger partial charge on any atom is 0.321 e. The fraction of sp³-hybridized carbons (Fsp3) is 0.227. The monoisotopic (exact) mass is 407 g/mol. The van der Waals surface area contributed by atoms with E-state index in [9.17, 15) is 4.79 Å². The van der Waals surface area contributed by atoms with Crippen molar-refractivity contribution in [2.45, 2.75) is 6.92 Å². The van der Waals surface area contributed by atoms with Crippen molar-refractivity contribution in [2.24, 2.45) is 0 Å². The van der Waals surface area contributed by atoms with Crippen molar-refractivity contribution in [1.82, 2.24) is 14.9 Å². The lowest BCUT2D eigenvalue weighted by Crippen LogP contribution is -2.50. The Morgan fingerprint density at radius 2 is 1.79 bits per heavy atom. The summed E-state index contributed by atoms with van der Waals surface area (Å²) >= 11 is 6.08. The molecular formula is C22H22ClN5O. The van der Waals surface area contributed by atoms with Gasteiger partial charge in [0, 0.05) is 60.0 Å². The molecule has 1 aromatic heterocycles. The second-order valence-corrected chi connectivity index (χ2v) is 7.42. The molecule has 29 heavy (non-hydrogen) atoms. The number of aryl methyl sites for hydroxylation is 1. The van der Waals surface area contributed by atoms with Gasteiger partial charge < -0.3 is 15.1 Å². The first kappa shape index (κ1) is 19.2. The van der Waals surface area contributed by atoms with Gasteiger partial charge in [-0.1, -0.05) is 17.7 Å². The van der Waals surface area contributed by atoms with Crippen LogP contribution in [0.5, 0.6) is 0 Å². The van der Waals surface area contributed by atoms with Crippen LogP contribution in [0.3, 0.4) is 0 Å². The topological polar surface area (TPSA) is 61.4 Å². The molecule has 0 aliphatic carbocycles. The standard InChI is InChI=1S/C22H22ClN5O/c1-16-9-10-24-21(25-16)17-5-7-19(8-6-17)26-22(29)28-13-11-27(12-14-28)20-4-2-3-18(23)15-20/h2-10,15H,11-14H2,1H3,(H,26,29). The number of aromatic nitrogens is 2. The van der Waals surface area contributed by atoms with Crippen LogP contribution >= 0.6 is 11.6 Å². The Morgan fingerprint density at radius 1 is 1.03 bits per heavy atom. The molecule has 1 N–H and O–H groups in total. The third kappa shape index (κ3) is 4.66. The number of anilines is 2. The third-order valence-electron chi connectivity index (χ3n) is 4.93. The van der Waals surface area contributed by atoms with Crippen molar-refractivity contribution in [3.63, 3.8) is 0 Å². The molecule has 0 radical (unpaired) electrons. The molecule has 1 fully saturated rings. The Bertz CT molecular complexity index is 1000. The van der Waals surface area contributed by atoms with E-state index in [1.54, 1.807) is 6.20 Å². The van der Waals surface area contributed by atoms with Crippen LogP contribution in [0.2, 0.25) is 5.02 Å². The first-order valence-electron chi connectivity index (χ1n) is 9.55. The lowest BCUT2D eigenvalue weighted by Gasteiger charge is -2.36. The van der Waals surface area contributed by atoms with E-state index >= 15 is 0 Å². The van der Waals surface area contributed by atoms with Crippen LogP contribution in [0.1, 0.15) is 5.69 Å². The number of nitrogens with zero attached hydrogens (tertiary/aromatic N) is 4. The van der Waals surface area contributed by atoms with Gasteiger partial charge in [0.1, 0.15) is 0 Å². The summed E-state index contributed by atoms with van der Waals surface area (Å²) in [4.78, 5) is 25.4. The van der Waals surface area contributed by atoms with Gasteiger partial charge in [-0.25, -0.2) is 14.8 Å². The molecule has 2 amide bonds. The number of urea groups is 1. The van der Waals surface area contributed by atoms with Crippen molar-refractivity contribution >= 4 is 29.0 Å². The Balaban J connectivity index is 1.34. The Kier molecular flexibility index (Phi) is 5.62. The van der Waals surface area contributed by atoms with E-state index in [-0.39, 0.29) is 6.03 Å². The Labute approximate surface area is 175 Å². The van der Waals surface area contributed by atoms with Crippen molar-refractivity contribution < 1.29 is 4.79 Å². The lowest BCUT2D eigenvalue weighted by atomic mass is 10.2. The highest BCUT2D eigenvalue weighted by Gasteiger charge is 2.21. The van der Waals surface area contributed by atoms with Crippen LogP contribution in [0.15, 0.2) is 60.8 Å². The number of piperazine rings is 1. The largest absolute Gasteiger partial charge is 0.368 e. The van der Waals surface area contributed by atoms with E-state index in [1.807, 2.05) is 66.4 Å². The highest BCUT2D eigenvalue weighted by atomic mass is 35.5. The van der Waals surface area contributed by atoms with Crippen LogP contribution in [-0.4, -0.2) is 47.1 Å². The molecular weight excluding hydrogens is 386 g/mol. The van der Waals surface area contributed by atoms with Gasteiger partial charge >= 0.3 is 6.03 Å². The van der Waals surface area contributed by atoms with Gasteiger partial charge in [0.2, 0.25) is 0 Å². The molecule has 0 spiro atoms. The Hall–Kier alpha value is -3.12. The zero-order valence-corrected chi connectivity index (χ0v) is 16.9. The van der Waals surface area contributed by atoms with Gasteiger partial charge in [0.25, 0.3) is 0 Å². The second kappa shape index (κ2) is 8.49. The SMILES string of the molecule is Cc1ccnc(-c2ccc(NC(=O)N3CCN(c4cccc(Cl)c4)CC3)cc2)n1. The summed E-state index contributed by atoms with van der Waals surface area (Å²) in [6.45, 7) is 4.81. The minimum atomic E-state index is -0.0877. The van der Waals surface area contributed by atoms with Crippen LogP contribution in [0.25, 0.3) is 11.4 Å². The van der Waals surface area contributed by atoms with Crippen LogP contribution in [0, 0.1) is 6.92 Å². The summed E-state index contributed by atoms with van der Waals surface area (Å²) in [5.41, 5.74) is 3.68. The van der Waals surface area contributed by atoms with E-state index < -0.39 is 0 Å². The molecule has 0 bridgehead atoms. The molecule has 7 heteroatoms. The summed E-state index contributed by atoms with van der Waals surface area (Å²) in [5, 5.41) is 3.70. The van der Waals surface area contributed by atoms with Gasteiger partial charge in [-0.2, -0.15) is 0 Å². The smallest absolute Gasteiger partial charge is 0.321 e. The zero-order valence-electron chi connectivity index (χ0n) is 16.2. The minimum absolute atomic E-state index is 0.0877. The van der Waals surface area contributed by atoms with Crippen molar-refractivity contribution in [2.75, 3.05) is 36.4 Å². The van der Waals surface area contributed by atoms with E-state index in [2.05, 4.69) is 20.2 Å². The molecule has 148 valence electrons. The van der Waals surface area contributed by atoms with Gasteiger partial charge in [0.15, 0.2) is 5.82 Å². The third-order valence-corrected chi connectivity index (χ3v) is 5.16. The molecule has 0 saturated carbocycles. The number of nitrogens with one attached hydrogen (secondary N) is 1. The molecule has 4 rings (SSSR count). The second-order valence-electron chi connectivity index (χ2n) is 6.98. The van der Waals surface area contributed by atoms with Gasteiger partial charge in [-0.15, -0.1) is 0 Å². The van der Waals surface area contributed by atoms with Crippen LogP contribution in [-0.2, 0) is 0 Å². The maximum atomic E-state index is 12.6. The molecule has 0 atom stereocenters. The quantitative estimate of drug-likeness (QED) is 0.696. The summed E-state index contributed by atoms with van der Waals surface area (Å²) in [7, 11) is 0. The average molecular weight is 408 g/mol. The van der Waals surface area contributed by atoms with Crippen molar-refractivity contribution in [1.29, 1.82) is 0 Å².